The average molecular weight is 379 g/mol. The minimum Gasteiger partial charge on any atom is -0.505 e. The predicted octanol–water partition coefficient (Wildman–Crippen LogP) is 2.93. The lowest BCUT2D eigenvalue weighted by molar-refractivity contribution is -0.383. The largest absolute Gasteiger partial charge is 0.505 e. The molecule has 0 saturated carbocycles. The summed E-state index contributed by atoms with van der Waals surface area (Å²) in [6, 6.07) is 5.06. The number of hydrogen-bond donors (Lipinski definition) is 2. The highest BCUT2D eigenvalue weighted by Gasteiger charge is 2.26. The maximum absolute atomic E-state index is 12.1. The van der Waals surface area contributed by atoms with Gasteiger partial charge in [-0.2, -0.15) is 0 Å². The fourth-order valence-corrected chi connectivity index (χ4v) is 4.87. The summed E-state index contributed by atoms with van der Waals surface area (Å²) in [6.45, 7) is 0. The van der Waals surface area contributed by atoms with Crippen molar-refractivity contribution in [3.63, 3.8) is 0 Å². The molecule has 0 saturated heterocycles. The Morgan fingerprint density at radius 1 is 1.35 bits per heavy atom. The standard InChI is InChI=1S/C10H7BrN2O5S2/c11-6-4-5-19-10(6)20(17,18)12-9-7(13(15)16)2-1-3-8(9)14/h1-5,12,14H. The highest BCUT2D eigenvalue weighted by Crippen LogP contribution is 2.36. The third-order valence-electron chi connectivity index (χ3n) is 2.28. The Labute approximate surface area is 126 Å². The molecule has 1 aromatic carbocycles. The predicted molar refractivity (Wildman–Crippen MR) is 77.6 cm³/mol. The topological polar surface area (TPSA) is 110 Å². The highest BCUT2D eigenvalue weighted by atomic mass is 79.9. The van der Waals surface area contributed by atoms with Gasteiger partial charge in [-0.1, -0.05) is 6.07 Å². The monoisotopic (exact) mass is 378 g/mol. The van der Waals surface area contributed by atoms with E-state index < -0.39 is 32.1 Å². The van der Waals surface area contributed by atoms with Crippen LogP contribution in [0.1, 0.15) is 0 Å². The molecular formula is C10H7BrN2O5S2. The maximum atomic E-state index is 12.1. The molecule has 1 aromatic heterocycles. The zero-order valence-electron chi connectivity index (χ0n) is 9.61. The van der Waals surface area contributed by atoms with Crippen LogP contribution in [0.5, 0.6) is 5.75 Å². The fourth-order valence-electron chi connectivity index (χ4n) is 1.44. The van der Waals surface area contributed by atoms with Crippen molar-refractivity contribution in [1.29, 1.82) is 0 Å². The first kappa shape index (κ1) is 14.8. The van der Waals surface area contributed by atoms with E-state index in [4.69, 9.17) is 0 Å². The molecule has 0 aliphatic rings. The van der Waals surface area contributed by atoms with Crippen LogP contribution in [0.25, 0.3) is 0 Å². The minimum absolute atomic E-state index is 0.0324. The van der Waals surface area contributed by atoms with Gasteiger partial charge in [0.1, 0.15) is 5.75 Å². The first-order valence-electron chi connectivity index (χ1n) is 5.05. The van der Waals surface area contributed by atoms with Crippen LogP contribution in [0.3, 0.4) is 0 Å². The Morgan fingerprint density at radius 3 is 2.60 bits per heavy atom. The van der Waals surface area contributed by atoms with E-state index in [0.29, 0.717) is 4.47 Å². The molecule has 0 atom stereocenters. The van der Waals surface area contributed by atoms with Gasteiger partial charge in [-0.25, -0.2) is 8.42 Å². The van der Waals surface area contributed by atoms with Gasteiger partial charge in [0.05, 0.1) is 4.92 Å². The number of para-hydroxylation sites is 1. The van der Waals surface area contributed by atoms with Crippen molar-refractivity contribution in [2.75, 3.05) is 4.72 Å². The lowest BCUT2D eigenvalue weighted by Gasteiger charge is -2.09. The van der Waals surface area contributed by atoms with Crippen molar-refractivity contribution in [2.24, 2.45) is 0 Å². The number of halogens is 1. The lowest BCUT2D eigenvalue weighted by Crippen LogP contribution is -2.13. The molecule has 0 aliphatic heterocycles. The van der Waals surface area contributed by atoms with Gasteiger partial charge in [0, 0.05) is 10.5 Å². The van der Waals surface area contributed by atoms with E-state index in [1.165, 1.54) is 6.07 Å². The first-order chi connectivity index (χ1) is 9.33. The van der Waals surface area contributed by atoms with Gasteiger partial charge in [0.2, 0.25) is 0 Å². The second-order valence-corrected chi connectivity index (χ2v) is 7.24. The first-order valence-corrected chi connectivity index (χ1v) is 8.20. The molecule has 0 bridgehead atoms. The number of nitrogens with zero attached hydrogens (tertiary/aromatic N) is 1. The van der Waals surface area contributed by atoms with Crippen LogP contribution in [0.15, 0.2) is 38.3 Å². The van der Waals surface area contributed by atoms with Crippen LogP contribution < -0.4 is 4.72 Å². The molecule has 10 heteroatoms. The zero-order chi connectivity index (χ0) is 14.9. The number of anilines is 1. The number of rotatable bonds is 4. The summed E-state index contributed by atoms with van der Waals surface area (Å²) in [5.41, 5.74) is -0.987. The van der Waals surface area contributed by atoms with E-state index in [-0.39, 0.29) is 4.21 Å². The molecule has 0 fully saturated rings. The van der Waals surface area contributed by atoms with Crippen LogP contribution >= 0.6 is 27.3 Å². The van der Waals surface area contributed by atoms with Gasteiger partial charge in [-0.15, -0.1) is 11.3 Å². The van der Waals surface area contributed by atoms with Crippen LogP contribution in [0.2, 0.25) is 0 Å². The third kappa shape index (κ3) is 2.76. The number of nitro benzene ring substituents is 1. The number of phenolic OH excluding ortho intramolecular Hbond substituents is 1. The average Bonchev–Trinajstić information content (AvgIpc) is 2.78. The summed E-state index contributed by atoms with van der Waals surface area (Å²) in [5, 5.41) is 22.1. The second kappa shape index (κ2) is 5.38. The molecule has 106 valence electrons. The molecule has 0 unspecified atom stereocenters. The van der Waals surface area contributed by atoms with Crippen molar-refractivity contribution in [3.8, 4) is 5.75 Å². The number of nitro groups is 1. The van der Waals surface area contributed by atoms with E-state index in [1.54, 1.807) is 11.4 Å². The molecule has 1 heterocycles. The molecule has 2 aromatic rings. The van der Waals surface area contributed by atoms with Gasteiger partial charge < -0.3 is 5.11 Å². The molecule has 0 amide bonds. The van der Waals surface area contributed by atoms with Crippen molar-refractivity contribution in [3.05, 3.63) is 44.2 Å². The van der Waals surface area contributed by atoms with Crippen molar-refractivity contribution >= 4 is 48.7 Å². The molecule has 7 nitrogen and oxygen atoms in total. The number of phenols is 1. The fraction of sp³-hybridized carbons (Fsp3) is 0. The number of aromatic hydroxyl groups is 1. The van der Waals surface area contributed by atoms with Crippen molar-refractivity contribution < 1.29 is 18.4 Å². The molecule has 2 N–H and O–H groups in total. The van der Waals surface area contributed by atoms with Gasteiger partial charge in [0.25, 0.3) is 15.7 Å². The molecular weight excluding hydrogens is 372 g/mol. The summed E-state index contributed by atoms with van der Waals surface area (Å²) in [7, 11) is -4.02. The summed E-state index contributed by atoms with van der Waals surface area (Å²) >= 11 is 4.02. The maximum Gasteiger partial charge on any atom is 0.297 e. The Kier molecular flexibility index (Phi) is 3.97. The van der Waals surface area contributed by atoms with Gasteiger partial charge in [-0.3, -0.25) is 14.8 Å². The summed E-state index contributed by atoms with van der Waals surface area (Å²) in [4.78, 5) is 10.1. The quantitative estimate of drug-likeness (QED) is 0.482. The van der Waals surface area contributed by atoms with E-state index in [9.17, 15) is 23.6 Å². The molecule has 2 rings (SSSR count). The van der Waals surface area contributed by atoms with Crippen molar-refractivity contribution in [2.45, 2.75) is 4.21 Å². The Hall–Kier alpha value is -1.65. The summed E-state index contributed by atoms with van der Waals surface area (Å²) in [6.07, 6.45) is 0. The Bertz CT molecular complexity index is 772. The third-order valence-corrected chi connectivity index (χ3v) is 6.30. The van der Waals surface area contributed by atoms with E-state index in [1.807, 2.05) is 4.72 Å². The van der Waals surface area contributed by atoms with Crippen LogP contribution in [0.4, 0.5) is 11.4 Å². The number of nitrogens with one attached hydrogen (secondary N) is 1. The smallest absolute Gasteiger partial charge is 0.297 e. The number of benzene rings is 1. The van der Waals surface area contributed by atoms with Crippen LogP contribution in [-0.4, -0.2) is 18.4 Å². The van der Waals surface area contributed by atoms with Crippen LogP contribution in [0, 0.1) is 10.1 Å². The van der Waals surface area contributed by atoms with E-state index in [2.05, 4.69) is 15.9 Å². The van der Waals surface area contributed by atoms with Gasteiger partial charge >= 0.3 is 0 Å². The van der Waals surface area contributed by atoms with Crippen LogP contribution in [-0.2, 0) is 10.0 Å². The van der Waals surface area contributed by atoms with Gasteiger partial charge in [-0.05, 0) is 33.4 Å². The normalized spacial score (nSPS) is 11.2. The highest BCUT2D eigenvalue weighted by molar-refractivity contribution is 9.10. The van der Waals surface area contributed by atoms with Gasteiger partial charge in [0.15, 0.2) is 9.90 Å². The zero-order valence-corrected chi connectivity index (χ0v) is 12.8. The molecule has 20 heavy (non-hydrogen) atoms. The molecule has 0 radical (unpaired) electrons. The second-order valence-electron chi connectivity index (χ2n) is 3.59. The Morgan fingerprint density at radius 2 is 2.05 bits per heavy atom. The minimum atomic E-state index is -4.02. The Balaban J connectivity index is 2.50. The summed E-state index contributed by atoms with van der Waals surface area (Å²) < 4.78 is 26.6. The summed E-state index contributed by atoms with van der Waals surface area (Å²) in [5.74, 6) is -0.518. The molecule has 0 aliphatic carbocycles. The number of hydrogen-bond acceptors (Lipinski definition) is 6. The number of sulfonamides is 1. The SMILES string of the molecule is O=[N+]([O-])c1cccc(O)c1NS(=O)(=O)c1sccc1Br. The molecule has 0 spiro atoms. The van der Waals surface area contributed by atoms with E-state index >= 15 is 0 Å². The van der Waals surface area contributed by atoms with Crippen molar-refractivity contribution in [1.82, 2.24) is 0 Å². The lowest BCUT2D eigenvalue weighted by atomic mass is 10.2. The number of thiophene rings is 1. The van der Waals surface area contributed by atoms with E-state index in [0.717, 1.165) is 23.5 Å².